The Balaban J connectivity index is 1.45. The molecule has 28 heavy (non-hydrogen) atoms. The minimum Gasteiger partial charge on any atom is -0.487 e. The van der Waals surface area contributed by atoms with Crippen molar-refractivity contribution in [1.29, 1.82) is 0 Å². The largest absolute Gasteiger partial charge is 0.487 e. The molecule has 1 N–H and O–H groups in total. The molecule has 1 saturated heterocycles. The third-order valence-electron chi connectivity index (χ3n) is 6.68. The molecule has 0 unspecified atom stereocenters. The summed E-state index contributed by atoms with van der Waals surface area (Å²) in [6.45, 7) is 0.491. The van der Waals surface area contributed by atoms with E-state index in [0.29, 0.717) is 37.2 Å². The van der Waals surface area contributed by atoms with Crippen LogP contribution in [-0.4, -0.2) is 54.2 Å². The third kappa shape index (κ3) is 3.72. The number of benzene rings is 1. The molecule has 0 radical (unpaired) electrons. The number of aliphatic hydroxyl groups excluding tert-OH is 1. The molecule has 1 aromatic carbocycles. The minimum atomic E-state index is -3.22. The Labute approximate surface area is 166 Å². The van der Waals surface area contributed by atoms with Crippen molar-refractivity contribution in [2.24, 2.45) is 0 Å². The van der Waals surface area contributed by atoms with Gasteiger partial charge in [-0.1, -0.05) is 31.4 Å². The van der Waals surface area contributed by atoms with Gasteiger partial charge in [-0.05, 0) is 37.3 Å². The molecule has 3 aliphatic rings. The van der Waals surface area contributed by atoms with Gasteiger partial charge in [0.1, 0.15) is 18.0 Å². The van der Waals surface area contributed by atoms with Gasteiger partial charge in [0, 0.05) is 31.5 Å². The Morgan fingerprint density at radius 3 is 2.54 bits per heavy atom. The number of ketones is 1. The highest BCUT2D eigenvalue weighted by atomic mass is 32.2. The van der Waals surface area contributed by atoms with Crippen LogP contribution in [-0.2, 0) is 16.4 Å². The van der Waals surface area contributed by atoms with Crippen LogP contribution in [0.3, 0.4) is 0 Å². The van der Waals surface area contributed by atoms with E-state index < -0.39 is 16.6 Å². The number of sulfonamides is 1. The van der Waals surface area contributed by atoms with Crippen molar-refractivity contribution in [3.8, 4) is 5.75 Å². The molecule has 0 amide bonds. The Bertz CT molecular complexity index is 836. The van der Waals surface area contributed by atoms with Crippen LogP contribution in [0.2, 0.25) is 0 Å². The zero-order chi connectivity index (χ0) is 19.8. The van der Waals surface area contributed by atoms with Crippen molar-refractivity contribution in [2.75, 3.05) is 19.7 Å². The lowest BCUT2D eigenvalue weighted by molar-refractivity contribution is 0.00150. The topological polar surface area (TPSA) is 83.9 Å². The van der Waals surface area contributed by atoms with Gasteiger partial charge < -0.3 is 9.84 Å². The number of hydrogen-bond acceptors (Lipinski definition) is 5. The van der Waals surface area contributed by atoms with Crippen molar-refractivity contribution in [1.82, 2.24) is 4.31 Å². The number of aryl methyl sites for hydroxylation is 1. The van der Waals surface area contributed by atoms with Gasteiger partial charge in [-0.2, -0.15) is 0 Å². The molecule has 4 rings (SSSR count). The van der Waals surface area contributed by atoms with Crippen molar-refractivity contribution < 1.29 is 23.1 Å². The van der Waals surface area contributed by atoms with Crippen molar-refractivity contribution in [3.63, 3.8) is 0 Å². The molecule has 1 saturated carbocycles. The van der Waals surface area contributed by atoms with Gasteiger partial charge in [0.05, 0.1) is 5.25 Å². The minimum absolute atomic E-state index is 0.213. The van der Waals surface area contributed by atoms with Crippen molar-refractivity contribution in [3.05, 3.63) is 29.3 Å². The summed E-state index contributed by atoms with van der Waals surface area (Å²) in [7, 11) is -3.22. The van der Waals surface area contributed by atoms with Crippen LogP contribution in [0.5, 0.6) is 5.75 Å². The molecular weight excluding hydrogens is 378 g/mol. The Morgan fingerprint density at radius 2 is 1.86 bits per heavy atom. The predicted molar refractivity (Wildman–Crippen MR) is 106 cm³/mol. The Kier molecular flexibility index (Phi) is 5.51. The lowest BCUT2D eigenvalue weighted by Gasteiger charge is -2.45. The molecule has 1 spiro atoms. The molecule has 7 heteroatoms. The molecule has 0 atom stereocenters. The highest BCUT2D eigenvalue weighted by Gasteiger charge is 2.43. The van der Waals surface area contributed by atoms with E-state index in [1.54, 1.807) is 16.4 Å². The Morgan fingerprint density at radius 1 is 1.14 bits per heavy atom. The van der Waals surface area contributed by atoms with Crippen molar-refractivity contribution >= 4 is 15.8 Å². The lowest BCUT2D eigenvalue weighted by atomic mass is 9.83. The highest BCUT2D eigenvalue weighted by Crippen LogP contribution is 2.41. The van der Waals surface area contributed by atoms with E-state index in [0.717, 1.165) is 50.5 Å². The number of piperidine rings is 1. The van der Waals surface area contributed by atoms with E-state index in [1.165, 1.54) is 0 Å². The van der Waals surface area contributed by atoms with Crippen molar-refractivity contribution in [2.45, 2.75) is 68.6 Å². The first-order valence-electron chi connectivity index (χ1n) is 10.4. The molecule has 6 nitrogen and oxygen atoms in total. The molecule has 0 aromatic heterocycles. The second-order valence-electron chi connectivity index (χ2n) is 8.39. The van der Waals surface area contributed by atoms with Gasteiger partial charge in [0.15, 0.2) is 5.78 Å². The maximum Gasteiger partial charge on any atom is 0.216 e. The van der Waals surface area contributed by atoms with E-state index in [4.69, 9.17) is 9.84 Å². The first-order valence-corrected chi connectivity index (χ1v) is 11.9. The van der Waals surface area contributed by atoms with E-state index >= 15 is 0 Å². The molecule has 2 aliphatic heterocycles. The fourth-order valence-electron chi connectivity index (χ4n) is 4.84. The normalized spacial score (nSPS) is 23.2. The molecule has 0 bridgehead atoms. The molecule has 2 heterocycles. The number of hydrogen-bond donors (Lipinski definition) is 1. The van der Waals surface area contributed by atoms with Crippen LogP contribution in [0.15, 0.2) is 18.2 Å². The summed E-state index contributed by atoms with van der Waals surface area (Å²) >= 11 is 0. The first-order chi connectivity index (χ1) is 13.4. The molecular formula is C21H29NO5S. The highest BCUT2D eigenvalue weighted by molar-refractivity contribution is 7.89. The molecule has 1 aromatic rings. The molecule has 1 aliphatic carbocycles. The summed E-state index contributed by atoms with van der Waals surface area (Å²) < 4.78 is 34.0. The summed E-state index contributed by atoms with van der Waals surface area (Å²) in [6.07, 6.45) is 7.82. The summed E-state index contributed by atoms with van der Waals surface area (Å²) in [5, 5.41) is 8.88. The maximum atomic E-state index is 13.0. The van der Waals surface area contributed by atoms with Gasteiger partial charge >= 0.3 is 0 Å². The number of aliphatic hydroxyl groups is 1. The van der Waals surface area contributed by atoms with Gasteiger partial charge in [-0.15, -0.1) is 0 Å². The summed E-state index contributed by atoms with van der Waals surface area (Å²) in [6, 6.07) is 5.35. The number of rotatable bonds is 4. The average Bonchev–Trinajstić information content (AvgIpc) is 2.73. The number of carbonyl (C=O) groups excluding carboxylic acids is 1. The number of carbonyl (C=O) groups is 1. The van der Waals surface area contributed by atoms with Crippen LogP contribution < -0.4 is 4.74 Å². The van der Waals surface area contributed by atoms with E-state index in [9.17, 15) is 13.2 Å². The van der Waals surface area contributed by atoms with Crippen LogP contribution in [0, 0.1) is 0 Å². The van der Waals surface area contributed by atoms with Gasteiger partial charge in [-0.3, -0.25) is 4.79 Å². The quantitative estimate of drug-likeness (QED) is 0.776. The van der Waals surface area contributed by atoms with Gasteiger partial charge in [-0.25, -0.2) is 12.7 Å². The summed E-state index contributed by atoms with van der Waals surface area (Å²) in [5.74, 6) is 0.383. The van der Waals surface area contributed by atoms with Gasteiger partial charge in [0.2, 0.25) is 10.0 Å². The first kappa shape index (κ1) is 19.9. The number of Topliss-reactive ketones (excluding diaryl/α,β-unsaturated/α-hetero) is 1. The fourth-order valence-corrected chi connectivity index (χ4v) is 6.88. The zero-order valence-electron chi connectivity index (χ0n) is 16.2. The fraction of sp³-hybridized carbons (Fsp3) is 0.667. The number of fused-ring (bicyclic) bond motifs is 1. The van der Waals surface area contributed by atoms with E-state index in [-0.39, 0.29) is 16.6 Å². The standard InChI is InChI=1S/C21H29NO5S/c23-15-19(24)17-7-6-16-8-9-21(27-20(16)14-17)10-12-22(13-11-21)28(25,26)18-4-2-1-3-5-18/h6-7,14,18,23H,1-5,8-13,15H2. The number of ether oxygens (including phenoxy) is 1. The van der Waals surface area contributed by atoms with Crippen LogP contribution in [0.1, 0.15) is 67.3 Å². The molecule has 2 fully saturated rings. The van der Waals surface area contributed by atoms with E-state index in [1.807, 2.05) is 6.07 Å². The maximum absolute atomic E-state index is 13.0. The monoisotopic (exact) mass is 407 g/mol. The van der Waals surface area contributed by atoms with Crippen LogP contribution in [0.25, 0.3) is 0 Å². The lowest BCUT2D eigenvalue weighted by Crippen LogP contribution is -2.52. The van der Waals surface area contributed by atoms with Gasteiger partial charge in [0.25, 0.3) is 0 Å². The van der Waals surface area contributed by atoms with Crippen LogP contribution in [0.4, 0.5) is 0 Å². The SMILES string of the molecule is O=C(CO)c1ccc2c(c1)OC1(CC2)CCN(S(=O)(=O)C2CCCCC2)CC1. The van der Waals surface area contributed by atoms with Crippen LogP contribution >= 0.6 is 0 Å². The summed E-state index contributed by atoms with van der Waals surface area (Å²) in [5.41, 5.74) is 1.17. The smallest absolute Gasteiger partial charge is 0.216 e. The second-order valence-corrected chi connectivity index (χ2v) is 10.6. The zero-order valence-corrected chi connectivity index (χ0v) is 17.0. The average molecular weight is 408 g/mol. The third-order valence-corrected chi connectivity index (χ3v) is 9.07. The molecule has 154 valence electrons. The van der Waals surface area contributed by atoms with E-state index in [2.05, 4.69) is 0 Å². The second kappa shape index (κ2) is 7.76. The predicted octanol–water partition coefficient (Wildman–Crippen LogP) is 2.68. The Hall–Kier alpha value is -1.44. The number of nitrogens with zero attached hydrogens (tertiary/aromatic N) is 1. The summed E-state index contributed by atoms with van der Waals surface area (Å²) in [4.78, 5) is 11.8.